The average Bonchev–Trinajstić information content (AvgIpc) is 3.16. The molecule has 1 aliphatic carbocycles. The number of hydrogen-bond donors (Lipinski definition) is 2. The smallest absolute Gasteiger partial charge is 0.177 e. The lowest BCUT2D eigenvalue weighted by Gasteiger charge is -2.26. The van der Waals surface area contributed by atoms with Crippen molar-refractivity contribution < 1.29 is 13.5 Å². The van der Waals surface area contributed by atoms with Crippen LogP contribution in [0.15, 0.2) is 29.2 Å². The van der Waals surface area contributed by atoms with Gasteiger partial charge in [-0.1, -0.05) is 26.0 Å². The number of anilines is 1. The number of rotatable bonds is 6. The second-order valence-corrected chi connectivity index (χ2v) is 8.16. The predicted molar refractivity (Wildman–Crippen MR) is 80.6 cm³/mol. The first-order valence-corrected chi connectivity index (χ1v) is 8.86. The molecule has 0 bridgehead atoms. The van der Waals surface area contributed by atoms with E-state index in [1.165, 1.54) is 6.26 Å². The first kappa shape index (κ1) is 15.3. The van der Waals surface area contributed by atoms with Crippen molar-refractivity contribution in [2.24, 2.45) is 11.3 Å². The molecule has 1 fully saturated rings. The fourth-order valence-electron chi connectivity index (χ4n) is 2.65. The van der Waals surface area contributed by atoms with Crippen LogP contribution >= 0.6 is 0 Å². The van der Waals surface area contributed by atoms with Gasteiger partial charge in [-0.3, -0.25) is 0 Å². The SMILES string of the molecule is CC(C)[C@@H](O)C1(CNc2ccccc2S(C)(=O)=O)CC1. The van der Waals surface area contributed by atoms with Crippen molar-refractivity contribution in [1.82, 2.24) is 0 Å². The molecule has 5 heteroatoms. The summed E-state index contributed by atoms with van der Waals surface area (Å²) in [6.45, 7) is 4.63. The van der Waals surface area contributed by atoms with Crippen LogP contribution < -0.4 is 5.32 Å². The molecule has 2 rings (SSSR count). The fraction of sp³-hybridized carbons (Fsp3) is 0.600. The number of aliphatic hydroxyl groups is 1. The zero-order chi connectivity index (χ0) is 15.0. The Kier molecular flexibility index (Phi) is 4.12. The first-order valence-electron chi connectivity index (χ1n) is 6.97. The van der Waals surface area contributed by atoms with Crippen molar-refractivity contribution in [3.8, 4) is 0 Å². The maximum absolute atomic E-state index is 11.7. The Morgan fingerprint density at radius 3 is 2.40 bits per heavy atom. The topological polar surface area (TPSA) is 66.4 Å². The van der Waals surface area contributed by atoms with E-state index in [4.69, 9.17) is 0 Å². The van der Waals surface area contributed by atoms with Crippen LogP contribution in [-0.4, -0.2) is 32.4 Å². The summed E-state index contributed by atoms with van der Waals surface area (Å²) >= 11 is 0. The maximum atomic E-state index is 11.7. The molecule has 20 heavy (non-hydrogen) atoms. The fourth-order valence-corrected chi connectivity index (χ4v) is 3.52. The monoisotopic (exact) mass is 297 g/mol. The van der Waals surface area contributed by atoms with E-state index < -0.39 is 9.84 Å². The van der Waals surface area contributed by atoms with Crippen LogP contribution in [0.25, 0.3) is 0 Å². The predicted octanol–water partition coefficient (Wildman–Crippen LogP) is 2.30. The van der Waals surface area contributed by atoms with Gasteiger partial charge in [0.2, 0.25) is 0 Å². The lowest BCUT2D eigenvalue weighted by molar-refractivity contribution is 0.0567. The molecule has 1 atom stereocenters. The van der Waals surface area contributed by atoms with Crippen LogP contribution in [0, 0.1) is 11.3 Å². The van der Waals surface area contributed by atoms with E-state index >= 15 is 0 Å². The number of aliphatic hydroxyl groups excluding tert-OH is 1. The summed E-state index contributed by atoms with van der Waals surface area (Å²) in [5.41, 5.74) is 0.524. The lowest BCUT2D eigenvalue weighted by atomic mass is 9.90. The number of sulfone groups is 1. The summed E-state index contributed by atoms with van der Waals surface area (Å²) in [5.74, 6) is 0.212. The molecule has 1 aliphatic rings. The molecule has 0 heterocycles. The molecule has 0 unspecified atom stereocenters. The van der Waals surface area contributed by atoms with Crippen LogP contribution in [0.1, 0.15) is 26.7 Å². The highest BCUT2D eigenvalue weighted by Crippen LogP contribution is 2.50. The molecule has 1 saturated carbocycles. The molecular weight excluding hydrogens is 274 g/mol. The van der Waals surface area contributed by atoms with E-state index in [-0.39, 0.29) is 17.4 Å². The third-order valence-corrected chi connectivity index (χ3v) is 5.22. The highest BCUT2D eigenvalue weighted by Gasteiger charge is 2.49. The Hall–Kier alpha value is -1.07. The summed E-state index contributed by atoms with van der Waals surface area (Å²) in [4.78, 5) is 0.315. The van der Waals surface area contributed by atoms with Gasteiger partial charge in [-0.25, -0.2) is 8.42 Å². The van der Waals surface area contributed by atoms with Crippen molar-refractivity contribution in [3.05, 3.63) is 24.3 Å². The third-order valence-electron chi connectivity index (χ3n) is 4.07. The zero-order valence-electron chi connectivity index (χ0n) is 12.3. The van der Waals surface area contributed by atoms with E-state index in [1.807, 2.05) is 19.9 Å². The quantitative estimate of drug-likeness (QED) is 0.845. The first-order chi connectivity index (χ1) is 9.26. The largest absolute Gasteiger partial charge is 0.392 e. The second-order valence-electron chi connectivity index (χ2n) is 6.17. The Balaban J connectivity index is 2.13. The molecule has 0 aromatic heterocycles. The third kappa shape index (κ3) is 3.15. The van der Waals surface area contributed by atoms with Gasteiger partial charge in [0, 0.05) is 18.2 Å². The van der Waals surface area contributed by atoms with Gasteiger partial charge in [-0.2, -0.15) is 0 Å². The van der Waals surface area contributed by atoms with Crippen LogP contribution in [0.5, 0.6) is 0 Å². The van der Waals surface area contributed by atoms with Gasteiger partial charge in [-0.05, 0) is 30.9 Å². The molecule has 0 amide bonds. The lowest BCUT2D eigenvalue weighted by Crippen LogP contribution is -2.33. The summed E-state index contributed by atoms with van der Waals surface area (Å²) in [6.07, 6.45) is 2.84. The molecule has 2 N–H and O–H groups in total. The van der Waals surface area contributed by atoms with Crippen molar-refractivity contribution in [2.45, 2.75) is 37.7 Å². The summed E-state index contributed by atoms with van der Waals surface area (Å²) in [7, 11) is -3.24. The molecular formula is C15H23NO3S. The van der Waals surface area contributed by atoms with Crippen LogP contribution in [0.3, 0.4) is 0 Å². The van der Waals surface area contributed by atoms with E-state index in [1.54, 1.807) is 18.2 Å². The standard InChI is InChI=1S/C15H23NO3S/c1-11(2)14(17)15(8-9-15)10-16-12-6-4-5-7-13(12)20(3,18)19/h4-7,11,14,16-17H,8-10H2,1-3H3/t14-/m1/s1. The maximum Gasteiger partial charge on any atom is 0.177 e. The number of hydrogen-bond acceptors (Lipinski definition) is 4. The minimum Gasteiger partial charge on any atom is -0.392 e. The van der Waals surface area contributed by atoms with Gasteiger partial charge >= 0.3 is 0 Å². The number of para-hydroxylation sites is 1. The minimum absolute atomic E-state index is 0.0984. The molecule has 112 valence electrons. The Bertz CT molecular complexity index is 577. The average molecular weight is 297 g/mol. The van der Waals surface area contributed by atoms with Crippen LogP contribution in [-0.2, 0) is 9.84 Å². The van der Waals surface area contributed by atoms with Gasteiger partial charge in [0.25, 0.3) is 0 Å². The number of benzene rings is 1. The molecule has 0 saturated heterocycles. The highest BCUT2D eigenvalue weighted by atomic mass is 32.2. The van der Waals surface area contributed by atoms with Gasteiger partial charge in [0.1, 0.15) is 0 Å². The second kappa shape index (κ2) is 5.37. The zero-order valence-corrected chi connectivity index (χ0v) is 13.1. The van der Waals surface area contributed by atoms with Crippen LogP contribution in [0.4, 0.5) is 5.69 Å². The van der Waals surface area contributed by atoms with E-state index in [0.717, 1.165) is 12.8 Å². The van der Waals surface area contributed by atoms with Crippen molar-refractivity contribution in [1.29, 1.82) is 0 Å². The summed E-state index contributed by atoms with van der Waals surface area (Å²) in [6, 6.07) is 6.91. The molecule has 0 radical (unpaired) electrons. The van der Waals surface area contributed by atoms with Gasteiger partial charge in [-0.15, -0.1) is 0 Å². The molecule has 1 aromatic carbocycles. The molecule has 1 aromatic rings. The molecule has 0 aliphatic heterocycles. The van der Waals surface area contributed by atoms with Crippen LogP contribution in [0.2, 0.25) is 0 Å². The molecule has 0 spiro atoms. The van der Waals surface area contributed by atoms with Gasteiger partial charge < -0.3 is 10.4 Å². The normalized spacial score (nSPS) is 18.9. The van der Waals surface area contributed by atoms with E-state index in [9.17, 15) is 13.5 Å². The Morgan fingerprint density at radius 2 is 1.90 bits per heavy atom. The summed E-state index contributed by atoms with van der Waals surface area (Å²) < 4.78 is 23.5. The highest BCUT2D eigenvalue weighted by molar-refractivity contribution is 7.90. The Morgan fingerprint density at radius 1 is 1.30 bits per heavy atom. The summed E-state index contributed by atoms with van der Waals surface area (Å²) in [5, 5.41) is 13.5. The minimum atomic E-state index is -3.24. The van der Waals surface area contributed by atoms with Gasteiger partial charge in [0.05, 0.1) is 16.7 Å². The number of nitrogens with one attached hydrogen (secondary N) is 1. The van der Waals surface area contributed by atoms with Crippen molar-refractivity contribution in [3.63, 3.8) is 0 Å². The van der Waals surface area contributed by atoms with Crippen molar-refractivity contribution in [2.75, 3.05) is 18.1 Å². The van der Waals surface area contributed by atoms with Crippen molar-refractivity contribution >= 4 is 15.5 Å². The van der Waals surface area contributed by atoms with E-state index in [0.29, 0.717) is 17.1 Å². The molecule has 4 nitrogen and oxygen atoms in total. The van der Waals surface area contributed by atoms with E-state index in [2.05, 4.69) is 5.32 Å². The van der Waals surface area contributed by atoms with Gasteiger partial charge in [0.15, 0.2) is 9.84 Å². The Labute approximate surface area is 121 Å².